The molecule has 0 saturated heterocycles. The summed E-state index contributed by atoms with van der Waals surface area (Å²) in [5.41, 5.74) is 1.57. The number of nitrogens with one attached hydrogen (secondary N) is 1. The Kier molecular flexibility index (Phi) is 4.41. The Labute approximate surface area is 160 Å². The van der Waals surface area contributed by atoms with Crippen molar-refractivity contribution in [2.45, 2.75) is 6.61 Å². The van der Waals surface area contributed by atoms with Gasteiger partial charge in [-0.15, -0.1) is 0 Å². The molecular formula is C21H16N2O5. The van der Waals surface area contributed by atoms with Crippen molar-refractivity contribution < 1.29 is 23.5 Å². The first-order valence-electron chi connectivity index (χ1n) is 8.56. The molecule has 1 N–H and O–H groups in total. The molecule has 1 aliphatic rings. The minimum absolute atomic E-state index is 0.121. The Hall–Kier alpha value is -3.87. The Morgan fingerprint density at radius 1 is 1.04 bits per heavy atom. The number of ether oxygens (including phenoxy) is 1. The largest absolute Gasteiger partial charge is 0.489 e. The van der Waals surface area contributed by atoms with E-state index < -0.39 is 11.8 Å². The Bertz CT molecular complexity index is 1070. The van der Waals surface area contributed by atoms with Crippen molar-refractivity contribution in [2.75, 3.05) is 12.4 Å². The molecule has 0 aliphatic carbocycles. The zero-order valence-electron chi connectivity index (χ0n) is 15.0. The first kappa shape index (κ1) is 17.5. The number of fused-ring (bicyclic) bond motifs is 1. The average molecular weight is 376 g/mol. The Balaban J connectivity index is 1.49. The maximum atomic E-state index is 12.6. The van der Waals surface area contributed by atoms with Gasteiger partial charge in [0.2, 0.25) is 0 Å². The molecule has 2 heterocycles. The maximum absolute atomic E-state index is 12.6. The highest BCUT2D eigenvalue weighted by Gasteiger charge is 2.32. The molecule has 1 aliphatic heterocycles. The number of imide groups is 1. The summed E-state index contributed by atoms with van der Waals surface area (Å²) in [6.45, 7) is 0.172. The molecule has 0 unspecified atom stereocenters. The topological polar surface area (TPSA) is 88.8 Å². The number of benzene rings is 2. The van der Waals surface area contributed by atoms with Crippen molar-refractivity contribution in [3.63, 3.8) is 0 Å². The number of anilines is 1. The molecule has 7 nitrogen and oxygen atoms in total. The second kappa shape index (κ2) is 7.03. The third-order valence-electron chi connectivity index (χ3n) is 4.44. The number of hydrogen-bond donors (Lipinski definition) is 1. The number of hydrogen-bond acceptors (Lipinski definition) is 5. The van der Waals surface area contributed by atoms with Gasteiger partial charge in [-0.1, -0.05) is 18.2 Å². The zero-order chi connectivity index (χ0) is 19.7. The van der Waals surface area contributed by atoms with Crippen LogP contribution in [0.2, 0.25) is 0 Å². The van der Waals surface area contributed by atoms with Gasteiger partial charge >= 0.3 is 0 Å². The molecule has 28 heavy (non-hydrogen) atoms. The lowest BCUT2D eigenvalue weighted by molar-refractivity contribution is 0.0692. The van der Waals surface area contributed by atoms with Crippen LogP contribution in [0.4, 0.5) is 5.69 Å². The van der Waals surface area contributed by atoms with Gasteiger partial charge in [-0.05, 0) is 36.4 Å². The third-order valence-corrected chi connectivity index (χ3v) is 4.44. The smallest absolute Gasteiger partial charge is 0.291 e. The molecular weight excluding hydrogens is 360 g/mol. The first-order valence-corrected chi connectivity index (χ1v) is 8.56. The zero-order valence-corrected chi connectivity index (χ0v) is 15.0. The van der Waals surface area contributed by atoms with Crippen LogP contribution in [0.5, 0.6) is 5.75 Å². The van der Waals surface area contributed by atoms with Crippen LogP contribution in [0.3, 0.4) is 0 Å². The van der Waals surface area contributed by atoms with E-state index in [1.807, 2.05) is 30.3 Å². The van der Waals surface area contributed by atoms with E-state index in [9.17, 15) is 14.4 Å². The van der Waals surface area contributed by atoms with Crippen molar-refractivity contribution in [1.29, 1.82) is 0 Å². The van der Waals surface area contributed by atoms with Gasteiger partial charge in [0.25, 0.3) is 17.7 Å². The fourth-order valence-corrected chi connectivity index (χ4v) is 2.95. The highest BCUT2D eigenvalue weighted by atomic mass is 16.5. The molecule has 0 radical (unpaired) electrons. The fraction of sp³-hybridized carbons (Fsp3) is 0.0952. The molecule has 0 spiro atoms. The maximum Gasteiger partial charge on any atom is 0.291 e. The SMILES string of the molecule is CN1C(=O)c2ccc(NC(=O)c3occc3COc3ccccc3)cc2C1=O. The lowest BCUT2D eigenvalue weighted by atomic mass is 10.1. The molecule has 0 atom stereocenters. The van der Waals surface area contributed by atoms with Gasteiger partial charge in [0.1, 0.15) is 12.4 Å². The van der Waals surface area contributed by atoms with E-state index in [0.717, 1.165) is 4.90 Å². The molecule has 140 valence electrons. The monoisotopic (exact) mass is 376 g/mol. The van der Waals surface area contributed by atoms with Crippen LogP contribution >= 0.6 is 0 Å². The van der Waals surface area contributed by atoms with Gasteiger partial charge in [0.15, 0.2) is 5.76 Å². The summed E-state index contributed by atoms with van der Waals surface area (Å²) < 4.78 is 11.0. The summed E-state index contributed by atoms with van der Waals surface area (Å²) in [5, 5.41) is 2.69. The molecule has 0 saturated carbocycles. The van der Waals surface area contributed by atoms with Crippen LogP contribution < -0.4 is 10.1 Å². The molecule has 0 fully saturated rings. The molecule has 4 rings (SSSR count). The number of amides is 3. The minimum Gasteiger partial charge on any atom is -0.489 e. The van der Waals surface area contributed by atoms with Gasteiger partial charge in [0, 0.05) is 18.3 Å². The quantitative estimate of drug-likeness (QED) is 0.690. The summed E-state index contributed by atoms with van der Waals surface area (Å²) in [6, 6.07) is 15.5. The van der Waals surface area contributed by atoms with Gasteiger partial charge in [-0.25, -0.2) is 0 Å². The normalized spacial score (nSPS) is 12.8. The van der Waals surface area contributed by atoms with Crippen molar-refractivity contribution in [2.24, 2.45) is 0 Å². The van der Waals surface area contributed by atoms with Gasteiger partial charge < -0.3 is 14.5 Å². The number of para-hydroxylation sites is 1. The minimum atomic E-state index is -0.471. The number of carbonyl (C=O) groups excluding carboxylic acids is 3. The third kappa shape index (κ3) is 3.14. The first-order chi connectivity index (χ1) is 13.5. The highest BCUT2D eigenvalue weighted by molar-refractivity contribution is 6.21. The number of rotatable bonds is 5. The second-order valence-corrected chi connectivity index (χ2v) is 6.26. The van der Waals surface area contributed by atoms with E-state index >= 15 is 0 Å². The summed E-state index contributed by atoms with van der Waals surface area (Å²) in [5.74, 6) is -0.422. The summed E-state index contributed by atoms with van der Waals surface area (Å²) in [4.78, 5) is 37.7. The van der Waals surface area contributed by atoms with Crippen LogP contribution in [-0.2, 0) is 6.61 Å². The average Bonchev–Trinajstić information content (AvgIpc) is 3.27. The standard InChI is InChI=1S/C21H16N2O5/c1-23-20(25)16-8-7-14(11-17(16)21(23)26)22-19(24)18-13(9-10-27-18)12-28-15-5-3-2-4-6-15/h2-11H,12H2,1H3,(H,22,24). The van der Waals surface area contributed by atoms with Crippen LogP contribution in [0.25, 0.3) is 0 Å². The Morgan fingerprint density at radius 2 is 1.79 bits per heavy atom. The molecule has 3 amide bonds. The number of carbonyl (C=O) groups is 3. The van der Waals surface area contributed by atoms with E-state index in [1.54, 1.807) is 12.1 Å². The van der Waals surface area contributed by atoms with Gasteiger partial charge in [-0.2, -0.15) is 0 Å². The van der Waals surface area contributed by atoms with Crippen molar-refractivity contribution in [3.05, 3.63) is 83.3 Å². The molecule has 1 aromatic heterocycles. The van der Waals surface area contributed by atoms with E-state index in [-0.39, 0.29) is 23.8 Å². The van der Waals surface area contributed by atoms with E-state index in [0.29, 0.717) is 22.6 Å². The summed E-state index contributed by atoms with van der Waals surface area (Å²) in [6.07, 6.45) is 1.42. The number of furan rings is 1. The summed E-state index contributed by atoms with van der Waals surface area (Å²) in [7, 11) is 1.42. The Morgan fingerprint density at radius 3 is 2.57 bits per heavy atom. The predicted molar refractivity (Wildman–Crippen MR) is 100 cm³/mol. The van der Waals surface area contributed by atoms with Crippen molar-refractivity contribution >= 4 is 23.4 Å². The molecule has 2 aromatic carbocycles. The molecule has 3 aromatic rings. The highest BCUT2D eigenvalue weighted by Crippen LogP contribution is 2.25. The lowest BCUT2D eigenvalue weighted by Gasteiger charge is -2.08. The number of nitrogens with zero attached hydrogens (tertiary/aromatic N) is 1. The second-order valence-electron chi connectivity index (χ2n) is 6.26. The van der Waals surface area contributed by atoms with Gasteiger partial charge in [0.05, 0.1) is 17.4 Å². The molecule has 0 bridgehead atoms. The van der Waals surface area contributed by atoms with Crippen LogP contribution in [0.1, 0.15) is 36.8 Å². The van der Waals surface area contributed by atoms with E-state index in [1.165, 1.54) is 25.4 Å². The van der Waals surface area contributed by atoms with Crippen LogP contribution in [-0.4, -0.2) is 29.7 Å². The molecule has 7 heteroatoms. The summed E-state index contributed by atoms with van der Waals surface area (Å²) >= 11 is 0. The van der Waals surface area contributed by atoms with E-state index in [4.69, 9.17) is 9.15 Å². The van der Waals surface area contributed by atoms with E-state index in [2.05, 4.69) is 5.32 Å². The van der Waals surface area contributed by atoms with Crippen LogP contribution in [0, 0.1) is 0 Å². The van der Waals surface area contributed by atoms with Crippen molar-refractivity contribution in [1.82, 2.24) is 4.90 Å². The fourth-order valence-electron chi connectivity index (χ4n) is 2.95. The lowest BCUT2D eigenvalue weighted by Crippen LogP contribution is -2.24. The van der Waals surface area contributed by atoms with Crippen molar-refractivity contribution in [3.8, 4) is 5.75 Å². The van der Waals surface area contributed by atoms with Gasteiger partial charge in [-0.3, -0.25) is 19.3 Å². The predicted octanol–water partition coefficient (Wildman–Crippen LogP) is 3.34. The van der Waals surface area contributed by atoms with Crippen LogP contribution in [0.15, 0.2) is 65.3 Å².